The monoisotopic (exact) mass is 343 g/mol. The smallest absolute Gasteiger partial charge is 0.262 e. The molecule has 0 aliphatic carbocycles. The largest absolute Gasteiger partial charge is 0.493 e. The molecule has 1 heterocycles. The normalized spacial score (nSPS) is 14.8. The highest BCUT2D eigenvalue weighted by Crippen LogP contribution is 2.43. The predicted molar refractivity (Wildman–Crippen MR) is 95.0 cm³/mol. The molecule has 0 radical (unpaired) electrons. The summed E-state index contributed by atoms with van der Waals surface area (Å²) >= 11 is 1.42. The lowest BCUT2D eigenvalue weighted by atomic mass is 10.1. The van der Waals surface area contributed by atoms with Crippen molar-refractivity contribution in [1.82, 2.24) is 0 Å². The Labute approximate surface area is 144 Å². The zero-order valence-corrected chi connectivity index (χ0v) is 14.4. The summed E-state index contributed by atoms with van der Waals surface area (Å²) in [4.78, 5) is 13.9. The number of rotatable bonds is 4. The minimum atomic E-state index is -0.143. The molecule has 1 amide bonds. The summed E-state index contributed by atoms with van der Waals surface area (Å²) in [6, 6.07) is 11.3. The van der Waals surface area contributed by atoms with E-state index in [1.807, 2.05) is 30.3 Å². The number of hydrogen-bond acceptors (Lipinski definition) is 5. The number of ether oxygens (including phenoxy) is 3. The lowest BCUT2D eigenvalue weighted by molar-refractivity contribution is -0.112. The SMILES string of the molecule is COc1ccc(/C=C2\Sc3ccccc3NC2=O)c(OC)c1OC. The van der Waals surface area contributed by atoms with E-state index in [0.29, 0.717) is 22.2 Å². The Balaban J connectivity index is 2.04. The molecule has 1 aliphatic rings. The van der Waals surface area contributed by atoms with E-state index < -0.39 is 0 Å². The summed E-state index contributed by atoms with van der Waals surface area (Å²) in [5.74, 6) is 1.45. The summed E-state index contributed by atoms with van der Waals surface area (Å²) in [5, 5.41) is 2.89. The number of benzene rings is 2. The van der Waals surface area contributed by atoms with E-state index in [9.17, 15) is 4.79 Å². The van der Waals surface area contributed by atoms with Gasteiger partial charge in [-0.25, -0.2) is 0 Å². The van der Waals surface area contributed by atoms with Crippen molar-refractivity contribution in [2.75, 3.05) is 26.6 Å². The van der Waals surface area contributed by atoms with E-state index in [2.05, 4.69) is 5.32 Å². The number of carbonyl (C=O) groups is 1. The van der Waals surface area contributed by atoms with Gasteiger partial charge in [0.05, 0.1) is 31.9 Å². The molecule has 0 aromatic heterocycles. The van der Waals surface area contributed by atoms with Gasteiger partial charge in [0.1, 0.15) is 0 Å². The van der Waals surface area contributed by atoms with Crippen LogP contribution in [0, 0.1) is 0 Å². The number of methoxy groups -OCH3 is 3. The van der Waals surface area contributed by atoms with E-state index in [1.54, 1.807) is 33.5 Å². The number of para-hydroxylation sites is 1. The number of thioether (sulfide) groups is 1. The maximum atomic E-state index is 12.3. The van der Waals surface area contributed by atoms with Crippen molar-refractivity contribution >= 4 is 29.4 Å². The van der Waals surface area contributed by atoms with Crippen LogP contribution >= 0.6 is 11.8 Å². The van der Waals surface area contributed by atoms with Crippen LogP contribution < -0.4 is 19.5 Å². The van der Waals surface area contributed by atoms with Gasteiger partial charge in [-0.15, -0.1) is 0 Å². The Kier molecular flexibility index (Phi) is 4.66. The summed E-state index contributed by atoms with van der Waals surface area (Å²) in [7, 11) is 4.68. The van der Waals surface area contributed by atoms with Crippen molar-refractivity contribution in [3.8, 4) is 17.2 Å². The van der Waals surface area contributed by atoms with Crippen LogP contribution in [0.1, 0.15) is 5.56 Å². The number of hydrogen-bond donors (Lipinski definition) is 1. The standard InChI is InChI=1S/C18H17NO4S/c1-21-13-9-8-11(16(22-2)17(13)23-3)10-15-18(20)19-12-6-4-5-7-14(12)24-15/h4-10H,1-3H3,(H,19,20)/b15-10-. The fraction of sp³-hybridized carbons (Fsp3) is 0.167. The third-order valence-electron chi connectivity index (χ3n) is 3.60. The first-order chi connectivity index (χ1) is 11.7. The molecular formula is C18H17NO4S. The molecule has 3 rings (SSSR count). The minimum absolute atomic E-state index is 0.143. The number of carbonyl (C=O) groups excluding carboxylic acids is 1. The maximum absolute atomic E-state index is 12.3. The topological polar surface area (TPSA) is 56.8 Å². The molecule has 0 saturated heterocycles. The second-order valence-electron chi connectivity index (χ2n) is 4.98. The van der Waals surface area contributed by atoms with Crippen LogP contribution in [0.15, 0.2) is 46.2 Å². The second-order valence-corrected chi connectivity index (χ2v) is 6.07. The van der Waals surface area contributed by atoms with Gasteiger partial charge in [-0.3, -0.25) is 4.79 Å². The highest BCUT2D eigenvalue weighted by Gasteiger charge is 2.22. The zero-order chi connectivity index (χ0) is 17.1. The van der Waals surface area contributed by atoms with Crippen LogP contribution in [0.3, 0.4) is 0 Å². The van der Waals surface area contributed by atoms with Crippen molar-refractivity contribution in [3.63, 3.8) is 0 Å². The molecule has 0 fully saturated rings. The lowest BCUT2D eigenvalue weighted by Gasteiger charge is -2.19. The van der Waals surface area contributed by atoms with Crippen molar-refractivity contribution in [1.29, 1.82) is 0 Å². The van der Waals surface area contributed by atoms with Crippen molar-refractivity contribution in [3.05, 3.63) is 46.9 Å². The Morgan fingerprint density at radius 2 is 1.71 bits per heavy atom. The molecule has 2 aromatic carbocycles. The van der Waals surface area contributed by atoms with Crippen molar-refractivity contribution in [2.45, 2.75) is 4.90 Å². The Morgan fingerprint density at radius 1 is 0.958 bits per heavy atom. The third-order valence-corrected chi connectivity index (χ3v) is 4.70. The van der Waals surface area contributed by atoms with Crippen LogP contribution in [-0.2, 0) is 4.79 Å². The molecule has 1 N–H and O–H groups in total. The number of fused-ring (bicyclic) bond motifs is 1. The average molecular weight is 343 g/mol. The summed E-state index contributed by atoms with van der Waals surface area (Å²) in [5.41, 5.74) is 1.57. The van der Waals surface area contributed by atoms with Crippen molar-refractivity contribution in [2.24, 2.45) is 0 Å². The van der Waals surface area contributed by atoms with Crippen LogP contribution in [0.5, 0.6) is 17.2 Å². The highest BCUT2D eigenvalue weighted by atomic mass is 32.2. The van der Waals surface area contributed by atoms with Gasteiger partial charge < -0.3 is 19.5 Å². The quantitative estimate of drug-likeness (QED) is 0.856. The molecule has 2 aromatic rings. The van der Waals surface area contributed by atoms with Crippen LogP contribution in [0.2, 0.25) is 0 Å². The van der Waals surface area contributed by atoms with E-state index >= 15 is 0 Å². The first kappa shape index (κ1) is 16.3. The van der Waals surface area contributed by atoms with Gasteiger partial charge in [-0.2, -0.15) is 0 Å². The van der Waals surface area contributed by atoms with Gasteiger partial charge in [0.25, 0.3) is 5.91 Å². The fourth-order valence-corrected chi connectivity index (χ4v) is 3.42. The molecule has 6 heteroatoms. The number of anilines is 1. The van der Waals surface area contributed by atoms with Crippen LogP contribution in [0.4, 0.5) is 5.69 Å². The second kappa shape index (κ2) is 6.88. The first-order valence-corrected chi connectivity index (χ1v) is 8.08. The Hall–Kier alpha value is -2.60. The molecule has 0 spiro atoms. The van der Waals surface area contributed by atoms with Gasteiger partial charge in [0, 0.05) is 10.5 Å². The average Bonchev–Trinajstić information content (AvgIpc) is 2.61. The molecule has 124 valence electrons. The van der Waals surface area contributed by atoms with Crippen molar-refractivity contribution < 1.29 is 19.0 Å². The molecule has 0 atom stereocenters. The minimum Gasteiger partial charge on any atom is -0.493 e. The summed E-state index contributed by atoms with van der Waals surface area (Å²) in [6.07, 6.45) is 1.79. The van der Waals surface area contributed by atoms with Crippen LogP contribution in [0.25, 0.3) is 6.08 Å². The molecule has 0 bridgehead atoms. The van der Waals surface area contributed by atoms with E-state index in [-0.39, 0.29) is 5.91 Å². The van der Waals surface area contributed by atoms with E-state index in [0.717, 1.165) is 16.1 Å². The van der Waals surface area contributed by atoms with E-state index in [1.165, 1.54) is 11.8 Å². The van der Waals surface area contributed by atoms with Gasteiger partial charge in [0.15, 0.2) is 11.5 Å². The first-order valence-electron chi connectivity index (χ1n) is 7.26. The van der Waals surface area contributed by atoms with Gasteiger partial charge in [-0.1, -0.05) is 23.9 Å². The maximum Gasteiger partial charge on any atom is 0.262 e. The summed E-state index contributed by atoms with van der Waals surface area (Å²) < 4.78 is 16.1. The highest BCUT2D eigenvalue weighted by molar-refractivity contribution is 8.04. The van der Waals surface area contributed by atoms with E-state index in [4.69, 9.17) is 14.2 Å². The third kappa shape index (κ3) is 2.92. The number of nitrogens with one attached hydrogen (secondary N) is 1. The zero-order valence-electron chi connectivity index (χ0n) is 13.6. The number of amides is 1. The Morgan fingerprint density at radius 3 is 2.42 bits per heavy atom. The van der Waals surface area contributed by atoms with Gasteiger partial charge >= 0.3 is 0 Å². The summed E-state index contributed by atoms with van der Waals surface area (Å²) in [6.45, 7) is 0. The molecule has 0 unspecified atom stereocenters. The molecule has 5 nitrogen and oxygen atoms in total. The predicted octanol–water partition coefficient (Wildman–Crippen LogP) is 3.80. The van der Waals surface area contributed by atoms with Gasteiger partial charge in [0.2, 0.25) is 5.75 Å². The fourth-order valence-electron chi connectivity index (χ4n) is 2.48. The lowest BCUT2D eigenvalue weighted by Crippen LogP contribution is -2.17. The van der Waals surface area contributed by atoms with Gasteiger partial charge in [-0.05, 0) is 30.3 Å². The van der Waals surface area contributed by atoms with Crippen LogP contribution in [-0.4, -0.2) is 27.2 Å². The molecule has 1 aliphatic heterocycles. The Bertz CT molecular complexity index is 817. The molecule has 0 saturated carbocycles. The molecular weight excluding hydrogens is 326 g/mol. The molecule has 24 heavy (non-hydrogen) atoms.